The second kappa shape index (κ2) is 4.42. The van der Waals surface area contributed by atoms with Crippen LogP contribution in [0.4, 0.5) is 5.82 Å². The van der Waals surface area contributed by atoms with Gasteiger partial charge in [-0.2, -0.15) is 0 Å². The highest BCUT2D eigenvalue weighted by Gasteiger charge is 2.24. The Morgan fingerprint density at radius 1 is 1.38 bits per heavy atom. The Kier molecular flexibility index (Phi) is 3.15. The summed E-state index contributed by atoms with van der Waals surface area (Å²) < 4.78 is 0. The molecule has 0 aromatic carbocycles. The van der Waals surface area contributed by atoms with Crippen LogP contribution >= 0.6 is 0 Å². The normalized spacial score (nSPS) is 21.4. The van der Waals surface area contributed by atoms with Gasteiger partial charge in [0, 0.05) is 25.8 Å². The molecule has 1 saturated heterocycles. The summed E-state index contributed by atoms with van der Waals surface area (Å²) in [5.41, 5.74) is 2.57. The van der Waals surface area contributed by atoms with Crippen molar-refractivity contribution in [1.82, 2.24) is 9.88 Å². The highest BCUT2D eigenvalue weighted by atomic mass is 15.2. The van der Waals surface area contributed by atoms with E-state index in [9.17, 15) is 0 Å². The van der Waals surface area contributed by atoms with Gasteiger partial charge in [0.15, 0.2) is 0 Å². The molecule has 1 aromatic rings. The molecule has 0 radical (unpaired) electrons. The van der Waals surface area contributed by atoms with Crippen molar-refractivity contribution in [2.45, 2.75) is 25.8 Å². The lowest BCUT2D eigenvalue weighted by Gasteiger charge is -2.22. The maximum atomic E-state index is 4.65. The quantitative estimate of drug-likeness (QED) is 0.760. The fourth-order valence-corrected chi connectivity index (χ4v) is 2.46. The highest BCUT2D eigenvalue weighted by Crippen LogP contribution is 2.32. The number of aromatic nitrogens is 1. The van der Waals surface area contributed by atoms with Gasteiger partial charge in [-0.05, 0) is 45.0 Å². The maximum Gasteiger partial charge on any atom is 0.128 e. The molecule has 2 heterocycles. The molecule has 2 rings (SSSR count). The monoisotopic (exact) mass is 219 g/mol. The first-order valence-corrected chi connectivity index (χ1v) is 5.94. The molecule has 0 bridgehead atoms. The van der Waals surface area contributed by atoms with Gasteiger partial charge in [0.25, 0.3) is 0 Å². The van der Waals surface area contributed by atoms with Crippen LogP contribution in [0.5, 0.6) is 0 Å². The van der Waals surface area contributed by atoms with Gasteiger partial charge in [0.05, 0.1) is 0 Å². The summed E-state index contributed by atoms with van der Waals surface area (Å²) in [5, 5.41) is 0. The fraction of sp³-hybridized carbons (Fsp3) is 0.615. The minimum atomic E-state index is 0.573. The first-order valence-electron chi connectivity index (χ1n) is 5.94. The third kappa shape index (κ3) is 2.05. The standard InChI is InChI=1S/C13H21N3/c1-10-11(12-6-5-9-16(12)4)7-8-13(14-10)15(2)3/h7-8,12H,5-6,9H2,1-4H3. The number of hydrogen-bond acceptors (Lipinski definition) is 3. The zero-order valence-electron chi connectivity index (χ0n) is 10.7. The Morgan fingerprint density at radius 3 is 2.62 bits per heavy atom. The molecule has 1 aromatic heterocycles. The highest BCUT2D eigenvalue weighted by molar-refractivity contribution is 5.41. The Morgan fingerprint density at radius 2 is 2.12 bits per heavy atom. The Labute approximate surface area is 98.1 Å². The van der Waals surface area contributed by atoms with Crippen LogP contribution in [-0.4, -0.2) is 37.6 Å². The summed E-state index contributed by atoms with van der Waals surface area (Å²) in [7, 11) is 6.27. The van der Waals surface area contributed by atoms with Gasteiger partial charge in [0.1, 0.15) is 5.82 Å². The number of aryl methyl sites for hydroxylation is 1. The van der Waals surface area contributed by atoms with Crippen molar-refractivity contribution in [3.8, 4) is 0 Å². The Balaban J connectivity index is 2.28. The zero-order valence-corrected chi connectivity index (χ0v) is 10.7. The molecule has 16 heavy (non-hydrogen) atoms. The molecule has 1 aliphatic heterocycles. The van der Waals surface area contributed by atoms with Crippen LogP contribution < -0.4 is 4.90 Å². The van der Waals surface area contributed by atoms with Gasteiger partial charge in [-0.25, -0.2) is 4.98 Å². The van der Waals surface area contributed by atoms with E-state index in [4.69, 9.17) is 0 Å². The number of pyridine rings is 1. The third-order valence-electron chi connectivity index (χ3n) is 3.45. The Hall–Kier alpha value is -1.09. The van der Waals surface area contributed by atoms with Gasteiger partial charge in [-0.3, -0.25) is 4.90 Å². The van der Waals surface area contributed by atoms with E-state index >= 15 is 0 Å². The second-order valence-corrected chi connectivity index (χ2v) is 4.88. The molecule has 0 amide bonds. The molecule has 1 atom stereocenters. The molecule has 1 fully saturated rings. The smallest absolute Gasteiger partial charge is 0.128 e. The van der Waals surface area contributed by atoms with E-state index in [1.54, 1.807) is 0 Å². The minimum absolute atomic E-state index is 0.573. The van der Waals surface area contributed by atoms with E-state index in [1.807, 2.05) is 14.1 Å². The van der Waals surface area contributed by atoms with Crippen LogP contribution in [0, 0.1) is 6.92 Å². The molecular formula is C13H21N3. The van der Waals surface area contributed by atoms with Crippen molar-refractivity contribution in [3.63, 3.8) is 0 Å². The molecule has 0 saturated carbocycles. The summed E-state index contributed by atoms with van der Waals surface area (Å²) in [4.78, 5) is 9.13. The van der Waals surface area contributed by atoms with Crippen LogP contribution in [0.1, 0.15) is 30.1 Å². The average molecular weight is 219 g/mol. The summed E-state index contributed by atoms with van der Waals surface area (Å²) >= 11 is 0. The summed E-state index contributed by atoms with van der Waals surface area (Å²) in [6.07, 6.45) is 2.57. The summed E-state index contributed by atoms with van der Waals surface area (Å²) in [6.45, 7) is 3.33. The second-order valence-electron chi connectivity index (χ2n) is 4.88. The first kappa shape index (κ1) is 11.4. The molecular weight excluding hydrogens is 198 g/mol. The van der Waals surface area contributed by atoms with Crippen LogP contribution in [-0.2, 0) is 0 Å². The molecule has 0 spiro atoms. The third-order valence-corrected chi connectivity index (χ3v) is 3.45. The van der Waals surface area contributed by atoms with Crippen LogP contribution in [0.25, 0.3) is 0 Å². The topological polar surface area (TPSA) is 19.4 Å². The molecule has 0 aliphatic carbocycles. The van der Waals surface area contributed by atoms with Crippen molar-refractivity contribution in [1.29, 1.82) is 0 Å². The summed E-state index contributed by atoms with van der Waals surface area (Å²) in [5.74, 6) is 1.04. The molecule has 3 nitrogen and oxygen atoms in total. The van der Waals surface area contributed by atoms with Crippen LogP contribution in [0.2, 0.25) is 0 Å². The number of nitrogens with zero attached hydrogens (tertiary/aromatic N) is 3. The van der Waals surface area contributed by atoms with Crippen LogP contribution in [0.3, 0.4) is 0 Å². The van der Waals surface area contributed by atoms with Gasteiger partial charge >= 0.3 is 0 Å². The number of likely N-dealkylation sites (tertiary alicyclic amines) is 1. The molecule has 3 heteroatoms. The minimum Gasteiger partial charge on any atom is -0.363 e. The van der Waals surface area contributed by atoms with Gasteiger partial charge in [-0.1, -0.05) is 6.07 Å². The van der Waals surface area contributed by atoms with E-state index in [2.05, 4.69) is 40.9 Å². The van der Waals surface area contributed by atoms with Crippen molar-refractivity contribution < 1.29 is 0 Å². The molecule has 88 valence electrons. The fourth-order valence-electron chi connectivity index (χ4n) is 2.46. The van der Waals surface area contributed by atoms with Crippen molar-refractivity contribution in [2.24, 2.45) is 0 Å². The van der Waals surface area contributed by atoms with Crippen molar-refractivity contribution >= 4 is 5.82 Å². The van der Waals surface area contributed by atoms with Crippen molar-refractivity contribution in [3.05, 3.63) is 23.4 Å². The average Bonchev–Trinajstić information content (AvgIpc) is 2.64. The van der Waals surface area contributed by atoms with Crippen molar-refractivity contribution in [2.75, 3.05) is 32.6 Å². The number of rotatable bonds is 2. The number of anilines is 1. The van der Waals surface area contributed by atoms with E-state index in [0.29, 0.717) is 6.04 Å². The maximum absolute atomic E-state index is 4.65. The molecule has 1 aliphatic rings. The summed E-state index contributed by atoms with van der Waals surface area (Å²) in [6, 6.07) is 4.93. The number of hydrogen-bond donors (Lipinski definition) is 0. The molecule has 0 N–H and O–H groups in total. The lowest BCUT2D eigenvalue weighted by atomic mass is 10.0. The SMILES string of the molecule is Cc1nc(N(C)C)ccc1C1CCCN1C. The zero-order chi connectivity index (χ0) is 11.7. The van der Waals surface area contributed by atoms with E-state index in [0.717, 1.165) is 5.82 Å². The van der Waals surface area contributed by atoms with Crippen LogP contribution in [0.15, 0.2) is 12.1 Å². The lowest BCUT2D eigenvalue weighted by molar-refractivity contribution is 0.316. The van der Waals surface area contributed by atoms with Gasteiger partial charge in [-0.15, -0.1) is 0 Å². The predicted molar refractivity (Wildman–Crippen MR) is 67.9 cm³/mol. The van der Waals surface area contributed by atoms with Gasteiger partial charge in [0.2, 0.25) is 0 Å². The van der Waals surface area contributed by atoms with E-state index in [1.165, 1.54) is 30.6 Å². The van der Waals surface area contributed by atoms with Gasteiger partial charge < -0.3 is 4.90 Å². The predicted octanol–water partition coefficient (Wildman–Crippen LogP) is 2.22. The largest absolute Gasteiger partial charge is 0.363 e. The van der Waals surface area contributed by atoms with E-state index in [-0.39, 0.29) is 0 Å². The lowest BCUT2D eigenvalue weighted by Crippen LogP contribution is -2.19. The van der Waals surface area contributed by atoms with E-state index < -0.39 is 0 Å². The first-order chi connectivity index (χ1) is 7.59. The molecule has 1 unspecified atom stereocenters. The Bertz CT molecular complexity index is 373.